The largest absolute Gasteiger partial charge is 0.243 e. The monoisotopic (exact) mass is 343 g/mol. The number of allylic oxidation sites excluding steroid dienone is 2. The zero-order valence-corrected chi connectivity index (χ0v) is 14.5. The van der Waals surface area contributed by atoms with E-state index in [1.165, 1.54) is 5.57 Å². The normalized spacial score (nSPS) is 24.6. The van der Waals surface area contributed by atoms with Crippen molar-refractivity contribution >= 4 is 10.0 Å². The van der Waals surface area contributed by atoms with Gasteiger partial charge in [0.2, 0.25) is 10.0 Å². The number of hydrogen-bond donors (Lipinski definition) is 0. The highest BCUT2D eigenvalue weighted by Crippen LogP contribution is 2.37. The van der Waals surface area contributed by atoms with Gasteiger partial charge in [0.15, 0.2) is 0 Å². The van der Waals surface area contributed by atoms with E-state index < -0.39 is 10.0 Å². The first-order valence-electron chi connectivity index (χ1n) is 8.30. The van der Waals surface area contributed by atoms with Crippen molar-refractivity contribution in [2.45, 2.75) is 24.7 Å². The lowest BCUT2D eigenvalue weighted by atomic mass is 9.83. The summed E-state index contributed by atoms with van der Waals surface area (Å²) in [4.78, 5) is 0.363. The fraction of sp³-hybridized carbons (Fsp3) is 0.389. The Morgan fingerprint density at radius 1 is 1.12 bits per heavy atom. The molecule has 24 heavy (non-hydrogen) atoms. The summed E-state index contributed by atoms with van der Waals surface area (Å²) in [6.45, 7) is 3.41. The molecule has 1 aliphatic heterocycles. The quantitative estimate of drug-likeness (QED) is 0.805. The third-order valence-corrected chi connectivity index (χ3v) is 6.99. The fourth-order valence-electron chi connectivity index (χ4n) is 3.78. The van der Waals surface area contributed by atoms with Gasteiger partial charge < -0.3 is 0 Å². The van der Waals surface area contributed by atoms with E-state index >= 15 is 0 Å². The van der Waals surface area contributed by atoms with Gasteiger partial charge in [0.1, 0.15) is 0 Å². The summed E-state index contributed by atoms with van der Waals surface area (Å²) in [7, 11) is -3.42. The van der Waals surface area contributed by atoms with Gasteiger partial charge in [0.05, 0.1) is 10.6 Å². The second-order valence-electron chi connectivity index (χ2n) is 6.78. The lowest BCUT2D eigenvalue weighted by Crippen LogP contribution is -2.29. The van der Waals surface area contributed by atoms with Crippen LogP contribution in [0.1, 0.15) is 19.8 Å². The van der Waals surface area contributed by atoms with E-state index in [-0.39, 0.29) is 0 Å². The van der Waals surface area contributed by atoms with Crippen LogP contribution in [0, 0.1) is 11.8 Å². The number of benzene rings is 1. The summed E-state index contributed by atoms with van der Waals surface area (Å²) >= 11 is 0. The SMILES string of the molecule is CC1=CC[C@H]2CN(S(=O)(=O)c3ccc(-n4cccn4)cc3)C[C@H]2C1. The Balaban J connectivity index is 1.55. The summed E-state index contributed by atoms with van der Waals surface area (Å²) in [5, 5.41) is 4.16. The molecule has 0 saturated carbocycles. The van der Waals surface area contributed by atoms with Crippen LogP contribution in [0.15, 0.2) is 59.3 Å². The number of rotatable bonds is 3. The molecular weight excluding hydrogens is 322 g/mol. The second-order valence-corrected chi connectivity index (χ2v) is 8.71. The Labute approximate surface area is 142 Å². The molecule has 0 bridgehead atoms. The third kappa shape index (κ3) is 2.70. The lowest BCUT2D eigenvalue weighted by Gasteiger charge is -2.22. The van der Waals surface area contributed by atoms with Crippen molar-refractivity contribution < 1.29 is 8.42 Å². The highest BCUT2D eigenvalue weighted by molar-refractivity contribution is 7.89. The molecule has 1 saturated heterocycles. The molecule has 0 unspecified atom stereocenters. The van der Waals surface area contributed by atoms with E-state index in [0.717, 1.165) is 18.5 Å². The molecule has 6 heteroatoms. The van der Waals surface area contributed by atoms with Crippen LogP contribution in [-0.2, 0) is 10.0 Å². The van der Waals surface area contributed by atoms with Crippen molar-refractivity contribution in [3.8, 4) is 5.69 Å². The standard InChI is InChI=1S/C18H21N3O2S/c1-14-3-4-15-12-20(13-16(15)11-14)24(22,23)18-7-5-17(6-8-18)21-10-2-9-19-21/h2-3,5-10,15-16H,4,11-13H2,1H3/t15-,16+/m0/s1. The van der Waals surface area contributed by atoms with Gasteiger partial charge in [-0.15, -0.1) is 0 Å². The van der Waals surface area contributed by atoms with Crippen LogP contribution in [0.5, 0.6) is 0 Å². The molecule has 5 nitrogen and oxygen atoms in total. The molecule has 2 aromatic rings. The van der Waals surface area contributed by atoms with Crippen molar-refractivity contribution in [1.82, 2.24) is 14.1 Å². The molecule has 1 aliphatic carbocycles. The summed E-state index contributed by atoms with van der Waals surface area (Å²) < 4.78 is 29.3. The Hall–Kier alpha value is -1.92. The summed E-state index contributed by atoms with van der Waals surface area (Å²) in [6.07, 6.45) is 7.82. The predicted octanol–water partition coefficient (Wildman–Crippen LogP) is 2.85. The first-order chi connectivity index (χ1) is 11.5. The van der Waals surface area contributed by atoms with Gasteiger partial charge >= 0.3 is 0 Å². The minimum Gasteiger partial charge on any atom is -0.241 e. The summed E-state index contributed by atoms with van der Waals surface area (Å²) in [5.41, 5.74) is 2.24. The molecule has 0 spiro atoms. The molecule has 2 atom stereocenters. The molecule has 0 amide bonds. The highest BCUT2D eigenvalue weighted by Gasteiger charge is 2.39. The van der Waals surface area contributed by atoms with Crippen LogP contribution in [0.4, 0.5) is 0 Å². The summed E-state index contributed by atoms with van der Waals surface area (Å²) in [6, 6.07) is 8.80. The zero-order chi connectivity index (χ0) is 16.7. The van der Waals surface area contributed by atoms with Crippen LogP contribution >= 0.6 is 0 Å². The van der Waals surface area contributed by atoms with Crippen molar-refractivity contribution in [3.05, 3.63) is 54.4 Å². The van der Waals surface area contributed by atoms with E-state index in [0.29, 0.717) is 29.8 Å². The van der Waals surface area contributed by atoms with Crippen molar-refractivity contribution in [1.29, 1.82) is 0 Å². The maximum absolute atomic E-state index is 12.9. The Bertz CT molecular complexity index is 854. The zero-order valence-electron chi connectivity index (χ0n) is 13.7. The van der Waals surface area contributed by atoms with Gasteiger partial charge in [-0.25, -0.2) is 13.1 Å². The molecule has 4 rings (SSSR count). The van der Waals surface area contributed by atoms with Crippen LogP contribution in [-0.4, -0.2) is 35.6 Å². The molecule has 0 radical (unpaired) electrons. The number of nitrogens with zero attached hydrogens (tertiary/aromatic N) is 3. The number of aromatic nitrogens is 2. The van der Waals surface area contributed by atoms with Crippen molar-refractivity contribution in [3.63, 3.8) is 0 Å². The Morgan fingerprint density at radius 3 is 2.58 bits per heavy atom. The smallest absolute Gasteiger partial charge is 0.241 e. The molecule has 1 fully saturated rings. The molecule has 0 N–H and O–H groups in total. The average Bonchev–Trinajstić information content (AvgIpc) is 3.24. The molecular formula is C18H21N3O2S. The molecule has 126 valence electrons. The Morgan fingerprint density at radius 2 is 1.88 bits per heavy atom. The van der Waals surface area contributed by atoms with E-state index in [2.05, 4.69) is 18.1 Å². The van der Waals surface area contributed by atoms with Gasteiger partial charge in [-0.1, -0.05) is 11.6 Å². The first-order valence-corrected chi connectivity index (χ1v) is 9.74. The average molecular weight is 343 g/mol. The third-order valence-electron chi connectivity index (χ3n) is 5.14. The van der Waals surface area contributed by atoms with E-state index in [4.69, 9.17) is 0 Å². The number of sulfonamides is 1. The molecule has 2 aliphatic rings. The number of fused-ring (bicyclic) bond motifs is 1. The fourth-order valence-corrected chi connectivity index (χ4v) is 5.33. The highest BCUT2D eigenvalue weighted by atomic mass is 32.2. The Kier molecular flexibility index (Phi) is 3.81. The van der Waals surface area contributed by atoms with Gasteiger partial charge in [-0.2, -0.15) is 9.40 Å². The van der Waals surface area contributed by atoms with Gasteiger partial charge in [0, 0.05) is 25.5 Å². The minimum absolute atomic E-state index is 0.363. The van der Waals surface area contributed by atoms with E-state index in [9.17, 15) is 8.42 Å². The predicted molar refractivity (Wildman–Crippen MR) is 92.3 cm³/mol. The second kappa shape index (κ2) is 5.86. The molecule has 1 aromatic heterocycles. The van der Waals surface area contributed by atoms with Gasteiger partial charge in [0.25, 0.3) is 0 Å². The topological polar surface area (TPSA) is 55.2 Å². The molecule has 1 aromatic carbocycles. The van der Waals surface area contributed by atoms with Crippen LogP contribution in [0.3, 0.4) is 0 Å². The van der Waals surface area contributed by atoms with Crippen LogP contribution in [0.2, 0.25) is 0 Å². The lowest BCUT2D eigenvalue weighted by molar-refractivity contribution is 0.400. The maximum atomic E-state index is 12.9. The van der Waals surface area contributed by atoms with Crippen molar-refractivity contribution in [2.75, 3.05) is 13.1 Å². The van der Waals surface area contributed by atoms with Gasteiger partial charge in [-0.3, -0.25) is 0 Å². The van der Waals surface area contributed by atoms with Crippen LogP contribution < -0.4 is 0 Å². The molecule has 2 heterocycles. The van der Waals surface area contributed by atoms with Crippen molar-refractivity contribution in [2.24, 2.45) is 11.8 Å². The summed E-state index contributed by atoms with van der Waals surface area (Å²) in [5.74, 6) is 0.931. The van der Waals surface area contributed by atoms with E-state index in [1.807, 2.05) is 12.3 Å². The van der Waals surface area contributed by atoms with Gasteiger partial charge in [-0.05, 0) is 61.9 Å². The minimum atomic E-state index is -3.42. The first kappa shape index (κ1) is 15.6. The van der Waals surface area contributed by atoms with E-state index in [1.54, 1.807) is 39.4 Å². The maximum Gasteiger partial charge on any atom is 0.243 e. The van der Waals surface area contributed by atoms with Crippen LogP contribution in [0.25, 0.3) is 5.69 Å². The number of hydrogen-bond acceptors (Lipinski definition) is 3.